The third kappa shape index (κ3) is 5.91. The second kappa shape index (κ2) is 10.0. The molecule has 0 radical (unpaired) electrons. The zero-order chi connectivity index (χ0) is 19.9. The number of hydrogen-bond donors (Lipinski definition) is 1. The van der Waals surface area contributed by atoms with Crippen LogP contribution in [-0.2, 0) is 19.6 Å². The third-order valence-corrected chi connectivity index (χ3v) is 6.12. The number of carbonyl (C=O) groups excluding carboxylic acids is 1. The molecule has 2 aliphatic heterocycles. The van der Waals surface area contributed by atoms with Crippen molar-refractivity contribution in [1.82, 2.24) is 15.1 Å². The van der Waals surface area contributed by atoms with Gasteiger partial charge in [0.25, 0.3) is 5.91 Å². The van der Waals surface area contributed by atoms with Crippen LogP contribution in [0, 0.1) is 0 Å². The zero-order valence-electron chi connectivity index (χ0n) is 17.4. The van der Waals surface area contributed by atoms with E-state index in [2.05, 4.69) is 51.5 Å². The molecule has 2 aliphatic rings. The Labute approximate surface area is 174 Å². The topological polar surface area (TPSA) is 35.6 Å². The van der Waals surface area contributed by atoms with E-state index >= 15 is 0 Å². The first-order chi connectivity index (χ1) is 14.3. The molecule has 0 saturated carbocycles. The number of hydrogen-bond acceptors (Lipinski definition) is 3. The first-order valence-corrected chi connectivity index (χ1v) is 11.2. The molecular formula is C25H33N3O. The van der Waals surface area contributed by atoms with Crippen LogP contribution in [0.3, 0.4) is 0 Å². The van der Waals surface area contributed by atoms with Crippen LogP contribution >= 0.6 is 0 Å². The Balaban J connectivity index is 1.28. The minimum absolute atomic E-state index is 0.000781. The highest BCUT2D eigenvalue weighted by atomic mass is 16.1. The van der Waals surface area contributed by atoms with Gasteiger partial charge in [-0.3, -0.25) is 14.6 Å². The van der Waals surface area contributed by atoms with E-state index in [4.69, 9.17) is 0 Å². The molecule has 2 fully saturated rings. The van der Waals surface area contributed by atoms with Gasteiger partial charge in [-0.15, -0.1) is 0 Å². The number of carbonyl (C=O) groups is 1. The Morgan fingerprint density at radius 3 is 2.00 bits per heavy atom. The molecule has 0 bridgehead atoms. The lowest BCUT2D eigenvalue weighted by Crippen LogP contribution is -2.29. The molecule has 1 amide bonds. The maximum absolute atomic E-state index is 12.5. The van der Waals surface area contributed by atoms with Crippen LogP contribution in [0.15, 0.2) is 48.5 Å². The van der Waals surface area contributed by atoms with Gasteiger partial charge in [0, 0.05) is 25.2 Å². The van der Waals surface area contributed by atoms with E-state index in [1.807, 2.05) is 12.1 Å². The van der Waals surface area contributed by atoms with Gasteiger partial charge in [0.1, 0.15) is 0 Å². The summed E-state index contributed by atoms with van der Waals surface area (Å²) >= 11 is 0. The summed E-state index contributed by atoms with van der Waals surface area (Å²) in [5, 5.41) is 3.08. The van der Waals surface area contributed by atoms with E-state index in [0.717, 1.165) is 18.7 Å². The van der Waals surface area contributed by atoms with Crippen molar-refractivity contribution in [3.63, 3.8) is 0 Å². The second-order valence-electron chi connectivity index (χ2n) is 8.52. The predicted octanol–water partition coefficient (Wildman–Crippen LogP) is 4.20. The average Bonchev–Trinajstić information content (AvgIpc) is 3.27. The van der Waals surface area contributed by atoms with Gasteiger partial charge in [0.15, 0.2) is 0 Å². The Hall–Kier alpha value is -2.17. The molecule has 2 aromatic rings. The lowest BCUT2D eigenvalue weighted by molar-refractivity contribution is 0.0951. The first-order valence-electron chi connectivity index (χ1n) is 11.2. The van der Waals surface area contributed by atoms with Crippen molar-refractivity contribution in [2.45, 2.75) is 51.7 Å². The van der Waals surface area contributed by atoms with E-state index in [1.54, 1.807) is 0 Å². The Bertz CT molecular complexity index is 790. The minimum Gasteiger partial charge on any atom is -0.348 e. The van der Waals surface area contributed by atoms with Crippen LogP contribution in [0.4, 0.5) is 0 Å². The summed E-state index contributed by atoms with van der Waals surface area (Å²) in [6.07, 6.45) is 6.60. The maximum Gasteiger partial charge on any atom is 0.251 e. The summed E-state index contributed by atoms with van der Waals surface area (Å²) < 4.78 is 0. The number of amides is 1. The molecule has 0 atom stereocenters. The third-order valence-electron chi connectivity index (χ3n) is 6.12. The van der Waals surface area contributed by atoms with Crippen molar-refractivity contribution >= 4 is 5.91 Å². The Kier molecular flexibility index (Phi) is 6.96. The summed E-state index contributed by atoms with van der Waals surface area (Å²) in [7, 11) is 0. The molecule has 2 saturated heterocycles. The van der Waals surface area contributed by atoms with E-state index in [-0.39, 0.29) is 5.91 Å². The van der Waals surface area contributed by atoms with E-state index in [9.17, 15) is 4.79 Å². The summed E-state index contributed by atoms with van der Waals surface area (Å²) in [5.41, 5.74) is 4.52. The van der Waals surface area contributed by atoms with Crippen LogP contribution in [0.5, 0.6) is 0 Å². The van der Waals surface area contributed by atoms with Gasteiger partial charge in [-0.05, 0) is 80.7 Å². The fraction of sp³-hybridized carbons (Fsp3) is 0.480. The number of benzene rings is 2. The van der Waals surface area contributed by atoms with Gasteiger partial charge < -0.3 is 5.32 Å². The molecular weight excluding hydrogens is 358 g/mol. The number of rotatable bonds is 7. The van der Waals surface area contributed by atoms with Gasteiger partial charge in [-0.25, -0.2) is 0 Å². The Morgan fingerprint density at radius 1 is 0.724 bits per heavy atom. The quantitative estimate of drug-likeness (QED) is 0.768. The van der Waals surface area contributed by atoms with Gasteiger partial charge in [0.2, 0.25) is 0 Å². The fourth-order valence-corrected chi connectivity index (χ4v) is 4.46. The largest absolute Gasteiger partial charge is 0.348 e. The molecule has 2 heterocycles. The van der Waals surface area contributed by atoms with Crippen molar-refractivity contribution in [2.75, 3.05) is 26.2 Å². The summed E-state index contributed by atoms with van der Waals surface area (Å²) in [5.74, 6) is -0.000781. The highest BCUT2D eigenvalue weighted by Gasteiger charge is 2.13. The summed E-state index contributed by atoms with van der Waals surface area (Å²) in [4.78, 5) is 17.6. The van der Waals surface area contributed by atoms with Crippen molar-refractivity contribution in [3.05, 3.63) is 70.8 Å². The lowest BCUT2D eigenvalue weighted by atomic mass is 10.1. The van der Waals surface area contributed by atoms with E-state index in [1.165, 1.54) is 75.0 Å². The molecule has 4 rings (SSSR count). The van der Waals surface area contributed by atoms with Gasteiger partial charge in [0.05, 0.1) is 0 Å². The van der Waals surface area contributed by atoms with Crippen molar-refractivity contribution in [1.29, 1.82) is 0 Å². The molecule has 154 valence electrons. The Morgan fingerprint density at radius 2 is 1.31 bits per heavy atom. The van der Waals surface area contributed by atoms with Gasteiger partial charge in [-0.1, -0.05) is 42.8 Å². The van der Waals surface area contributed by atoms with E-state index < -0.39 is 0 Å². The summed E-state index contributed by atoms with van der Waals surface area (Å²) in [6, 6.07) is 16.7. The molecule has 1 N–H and O–H groups in total. The molecule has 0 spiro atoms. The maximum atomic E-state index is 12.5. The highest BCUT2D eigenvalue weighted by Crippen LogP contribution is 2.15. The first kappa shape index (κ1) is 20.1. The van der Waals surface area contributed by atoms with E-state index in [0.29, 0.717) is 6.54 Å². The number of likely N-dealkylation sites (tertiary alicyclic amines) is 2. The highest BCUT2D eigenvalue weighted by molar-refractivity contribution is 5.94. The number of piperidine rings is 1. The van der Waals surface area contributed by atoms with Crippen LogP contribution in [-0.4, -0.2) is 41.9 Å². The van der Waals surface area contributed by atoms with Crippen LogP contribution in [0.25, 0.3) is 0 Å². The number of nitrogens with one attached hydrogen (secondary N) is 1. The predicted molar refractivity (Wildman–Crippen MR) is 118 cm³/mol. The zero-order valence-corrected chi connectivity index (χ0v) is 17.4. The van der Waals surface area contributed by atoms with Gasteiger partial charge >= 0.3 is 0 Å². The fourth-order valence-electron chi connectivity index (χ4n) is 4.46. The molecule has 4 nitrogen and oxygen atoms in total. The average molecular weight is 392 g/mol. The smallest absolute Gasteiger partial charge is 0.251 e. The summed E-state index contributed by atoms with van der Waals surface area (Å²) in [6.45, 7) is 7.37. The van der Waals surface area contributed by atoms with Crippen LogP contribution in [0.1, 0.15) is 59.2 Å². The van der Waals surface area contributed by atoms with Crippen LogP contribution in [0.2, 0.25) is 0 Å². The SMILES string of the molecule is O=C(NCc1cccc(CN2CCCCC2)c1)c1ccc(CN2CCCC2)cc1. The van der Waals surface area contributed by atoms with Crippen LogP contribution < -0.4 is 5.32 Å². The second-order valence-corrected chi connectivity index (χ2v) is 8.52. The van der Waals surface area contributed by atoms with Crippen molar-refractivity contribution in [2.24, 2.45) is 0 Å². The molecule has 0 aromatic heterocycles. The normalized spacial score (nSPS) is 18.1. The number of nitrogens with zero attached hydrogens (tertiary/aromatic N) is 2. The standard InChI is InChI=1S/C25H33N3O/c29-25(24-11-9-21(10-12-24)19-27-15-4-5-16-27)26-18-22-7-6-8-23(17-22)20-28-13-2-1-3-14-28/h6-12,17H,1-5,13-16,18-20H2,(H,26,29). The van der Waals surface area contributed by atoms with Gasteiger partial charge in [-0.2, -0.15) is 0 Å². The van der Waals surface area contributed by atoms with Crippen molar-refractivity contribution in [3.8, 4) is 0 Å². The van der Waals surface area contributed by atoms with Crippen molar-refractivity contribution < 1.29 is 4.79 Å². The molecule has 29 heavy (non-hydrogen) atoms. The lowest BCUT2D eigenvalue weighted by Gasteiger charge is -2.26. The molecule has 0 unspecified atom stereocenters. The molecule has 4 heteroatoms. The molecule has 0 aliphatic carbocycles. The monoisotopic (exact) mass is 391 g/mol. The molecule has 2 aromatic carbocycles. The minimum atomic E-state index is -0.000781.